The Hall–Kier alpha value is -1.31. The van der Waals surface area contributed by atoms with Gasteiger partial charge in [-0.1, -0.05) is 48.0 Å². The molecular weight excluding hydrogens is 242 g/mol. The SMILES string of the molecule is CNC(Cc1ccc(Cl)cc1)c1ccccc1C. The molecule has 1 unspecified atom stereocenters. The first kappa shape index (κ1) is 13.1. The lowest BCUT2D eigenvalue weighted by atomic mass is 9.95. The molecule has 2 aromatic carbocycles. The van der Waals surface area contributed by atoms with E-state index in [1.807, 2.05) is 19.2 Å². The minimum Gasteiger partial charge on any atom is -0.313 e. The summed E-state index contributed by atoms with van der Waals surface area (Å²) in [7, 11) is 2.01. The van der Waals surface area contributed by atoms with E-state index in [0.717, 1.165) is 11.4 Å². The second kappa shape index (κ2) is 6.03. The monoisotopic (exact) mass is 259 g/mol. The Morgan fingerprint density at radius 2 is 1.72 bits per heavy atom. The van der Waals surface area contributed by atoms with Crippen molar-refractivity contribution in [3.8, 4) is 0 Å². The van der Waals surface area contributed by atoms with Crippen LogP contribution in [0.4, 0.5) is 0 Å². The zero-order chi connectivity index (χ0) is 13.0. The van der Waals surface area contributed by atoms with E-state index in [9.17, 15) is 0 Å². The standard InChI is InChI=1S/C16H18ClN/c1-12-5-3-4-6-15(12)16(18-2)11-13-7-9-14(17)10-8-13/h3-10,16,18H,11H2,1-2H3. The summed E-state index contributed by atoms with van der Waals surface area (Å²) in [4.78, 5) is 0. The minimum absolute atomic E-state index is 0.340. The summed E-state index contributed by atoms with van der Waals surface area (Å²) in [5.41, 5.74) is 3.97. The van der Waals surface area contributed by atoms with Crippen molar-refractivity contribution in [3.05, 3.63) is 70.2 Å². The Balaban J connectivity index is 2.20. The number of hydrogen-bond donors (Lipinski definition) is 1. The predicted molar refractivity (Wildman–Crippen MR) is 78.1 cm³/mol. The second-order valence-corrected chi connectivity index (χ2v) is 4.96. The van der Waals surface area contributed by atoms with Crippen LogP contribution in [0.2, 0.25) is 5.02 Å². The highest BCUT2D eigenvalue weighted by Gasteiger charge is 2.11. The molecule has 2 aromatic rings. The van der Waals surface area contributed by atoms with E-state index in [1.165, 1.54) is 16.7 Å². The number of benzene rings is 2. The average molecular weight is 260 g/mol. The van der Waals surface area contributed by atoms with Crippen LogP contribution in [0.1, 0.15) is 22.7 Å². The normalized spacial score (nSPS) is 12.4. The molecule has 18 heavy (non-hydrogen) atoms. The van der Waals surface area contributed by atoms with Crippen molar-refractivity contribution < 1.29 is 0 Å². The summed E-state index contributed by atoms with van der Waals surface area (Å²) in [6.07, 6.45) is 0.971. The van der Waals surface area contributed by atoms with Gasteiger partial charge in [-0.2, -0.15) is 0 Å². The van der Waals surface area contributed by atoms with Gasteiger partial charge in [-0.05, 0) is 49.2 Å². The average Bonchev–Trinajstić information content (AvgIpc) is 2.39. The Labute approximate surface area is 114 Å². The molecular formula is C16H18ClN. The number of aryl methyl sites for hydroxylation is 1. The number of rotatable bonds is 4. The van der Waals surface area contributed by atoms with E-state index in [1.54, 1.807) is 0 Å². The lowest BCUT2D eigenvalue weighted by Gasteiger charge is -2.19. The molecule has 0 amide bonds. The molecule has 2 heteroatoms. The van der Waals surface area contributed by atoms with Gasteiger partial charge in [0.05, 0.1) is 0 Å². The summed E-state index contributed by atoms with van der Waals surface area (Å²) in [6, 6.07) is 16.9. The molecule has 1 nitrogen and oxygen atoms in total. The smallest absolute Gasteiger partial charge is 0.0406 e. The summed E-state index contributed by atoms with van der Waals surface area (Å²) < 4.78 is 0. The Kier molecular flexibility index (Phi) is 4.40. The number of hydrogen-bond acceptors (Lipinski definition) is 1. The highest BCUT2D eigenvalue weighted by molar-refractivity contribution is 6.30. The molecule has 0 aliphatic rings. The van der Waals surface area contributed by atoms with Crippen molar-refractivity contribution in [2.75, 3.05) is 7.05 Å². The van der Waals surface area contributed by atoms with E-state index in [4.69, 9.17) is 11.6 Å². The van der Waals surface area contributed by atoms with Gasteiger partial charge in [-0.25, -0.2) is 0 Å². The van der Waals surface area contributed by atoms with Crippen molar-refractivity contribution in [1.29, 1.82) is 0 Å². The fourth-order valence-electron chi connectivity index (χ4n) is 2.20. The largest absolute Gasteiger partial charge is 0.313 e. The van der Waals surface area contributed by atoms with Crippen molar-refractivity contribution in [3.63, 3.8) is 0 Å². The predicted octanol–water partition coefficient (Wildman–Crippen LogP) is 4.15. The highest BCUT2D eigenvalue weighted by Crippen LogP contribution is 2.22. The molecule has 1 N–H and O–H groups in total. The lowest BCUT2D eigenvalue weighted by Crippen LogP contribution is -2.19. The van der Waals surface area contributed by atoms with Crippen LogP contribution in [0, 0.1) is 6.92 Å². The molecule has 0 aliphatic heterocycles. The van der Waals surface area contributed by atoms with Gasteiger partial charge in [0.15, 0.2) is 0 Å². The number of likely N-dealkylation sites (N-methyl/N-ethyl adjacent to an activating group) is 1. The van der Waals surface area contributed by atoms with Gasteiger partial charge in [0.2, 0.25) is 0 Å². The molecule has 0 aliphatic carbocycles. The Morgan fingerprint density at radius 3 is 2.33 bits per heavy atom. The zero-order valence-electron chi connectivity index (χ0n) is 10.8. The summed E-state index contributed by atoms with van der Waals surface area (Å²) in [6.45, 7) is 2.15. The van der Waals surface area contributed by atoms with Gasteiger partial charge >= 0.3 is 0 Å². The van der Waals surface area contributed by atoms with E-state index < -0.39 is 0 Å². The summed E-state index contributed by atoms with van der Waals surface area (Å²) >= 11 is 5.91. The minimum atomic E-state index is 0.340. The maximum atomic E-state index is 5.91. The fraction of sp³-hybridized carbons (Fsp3) is 0.250. The Bertz CT molecular complexity index is 505. The first-order valence-electron chi connectivity index (χ1n) is 6.18. The molecule has 0 fully saturated rings. The third-order valence-corrected chi connectivity index (χ3v) is 3.52. The van der Waals surface area contributed by atoms with E-state index >= 15 is 0 Å². The van der Waals surface area contributed by atoms with Gasteiger partial charge in [-0.3, -0.25) is 0 Å². The lowest BCUT2D eigenvalue weighted by molar-refractivity contribution is 0.589. The van der Waals surface area contributed by atoms with Gasteiger partial charge in [0, 0.05) is 11.1 Å². The highest BCUT2D eigenvalue weighted by atomic mass is 35.5. The van der Waals surface area contributed by atoms with Crippen LogP contribution in [0.5, 0.6) is 0 Å². The van der Waals surface area contributed by atoms with Crippen LogP contribution >= 0.6 is 11.6 Å². The van der Waals surface area contributed by atoms with Crippen LogP contribution in [0.25, 0.3) is 0 Å². The van der Waals surface area contributed by atoms with E-state index in [0.29, 0.717) is 6.04 Å². The molecule has 0 spiro atoms. The van der Waals surface area contributed by atoms with Crippen LogP contribution in [-0.2, 0) is 6.42 Å². The molecule has 2 rings (SSSR count). The molecule has 0 heterocycles. The maximum Gasteiger partial charge on any atom is 0.0406 e. The molecule has 1 atom stereocenters. The third kappa shape index (κ3) is 3.12. The fourth-order valence-corrected chi connectivity index (χ4v) is 2.33. The van der Waals surface area contributed by atoms with Gasteiger partial charge in [-0.15, -0.1) is 0 Å². The molecule has 94 valence electrons. The van der Waals surface area contributed by atoms with E-state index in [2.05, 4.69) is 48.6 Å². The van der Waals surface area contributed by atoms with E-state index in [-0.39, 0.29) is 0 Å². The first-order valence-corrected chi connectivity index (χ1v) is 6.55. The van der Waals surface area contributed by atoms with Crippen LogP contribution in [0.3, 0.4) is 0 Å². The molecule has 0 saturated heterocycles. The molecule has 0 radical (unpaired) electrons. The van der Waals surface area contributed by atoms with Crippen LogP contribution in [0.15, 0.2) is 48.5 Å². The molecule has 0 aromatic heterocycles. The maximum absolute atomic E-state index is 5.91. The van der Waals surface area contributed by atoms with Crippen molar-refractivity contribution in [2.24, 2.45) is 0 Å². The van der Waals surface area contributed by atoms with Crippen molar-refractivity contribution in [1.82, 2.24) is 5.32 Å². The summed E-state index contributed by atoms with van der Waals surface area (Å²) in [5, 5.41) is 4.18. The van der Waals surface area contributed by atoms with Crippen LogP contribution in [-0.4, -0.2) is 7.05 Å². The molecule has 0 saturated carbocycles. The zero-order valence-corrected chi connectivity index (χ0v) is 11.5. The Morgan fingerprint density at radius 1 is 1.06 bits per heavy atom. The van der Waals surface area contributed by atoms with Gasteiger partial charge in [0.25, 0.3) is 0 Å². The topological polar surface area (TPSA) is 12.0 Å². The van der Waals surface area contributed by atoms with Crippen LogP contribution < -0.4 is 5.32 Å². The number of halogens is 1. The van der Waals surface area contributed by atoms with Crippen molar-refractivity contribution >= 4 is 11.6 Å². The van der Waals surface area contributed by atoms with Crippen molar-refractivity contribution in [2.45, 2.75) is 19.4 Å². The third-order valence-electron chi connectivity index (χ3n) is 3.27. The number of nitrogens with one attached hydrogen (secondary N) is 1. The summed E-state index contributed by atoms with van der Waals surface area (Å²) in [5.74, 6) is 0. The van der Waals surface area contributed by atoms with Gasteiger partial charge in [0.1, 0.15) is 0 Å². The quantitative estimate of drug-likeness (QED) is 0.870. The first-order chi connectivity index (χ1) is 8.70. The second-order valence-electron chi connectivity index (χ2n) is 4.53. The molecule has 0 bridgehead atoms. The van der Waals surface area contributed by atoms with Gasteiger partial charge < -0.3 is 5.32 Å².